The number of methoxy groups -OCH3 is 1. The van der Waals surface area contributed by atoms with Crippen molar-refractivity contribution >= 4 is 5.97 Å². The Morgan fingerprint density at radius 2 is 2.00 bits per heavy atom. The summed E-state index contributed by atoms with van der Waals surface area (Å²) >= 11 is 0. The van der Waals surface area contributed by atoms with Crippen LogP contribution in [0.4, 0.5) is 0 Å². The Labute approximate surface area is 88.7 Å². The van der Waals surface area contributed by atoms with Crippen LogP contribution < -0.4 is 0 Å². The fourth-order valence-electron chi connectivity index (χ4n) is 0.965. The highest BCUT2D eigenvalue weighted by molar-refractivity contribution is 5.82. The van der Waals surface area contributed by atoms with Crippen LogP contribution >= 0.6 is 0 Å². The summed E-state index contributed by atoms with van der Waals surface area (Å²) in [5.74, 6) is 4.40. The Morgan fingerprint density at radius 3 is 2.53 bits per heavy atom. The van der Waals surface area contributed by atoms with E-state index in [2.05, 4.69) is 16.6 Å². The van der Waals surface area contributed by atoms with E-state index in [0.29, 0.717) is 0 Å². The lowest BCUT2D eigenvalue weighted by Crippen LogP contribution is -2.34. The summed E-state index contributed by atoms with van der Waals surface area (Å²) in [7, 11) is 1.21. The Bertz CT molecular complexity index is 396. The number of carbonyl (C=O) groups excluding carboxylic acids is 1. The zero-order valence-electron chi connectivity index (χ0n) is 8.65. The molecule has 0 aromatic heterocycles. The van der Waals surface area contributed by atoms with Gasteiger partial charge in [-0.05, 0) is 19.1 Å². The molecule has 0 unspecified atom stereocenters. The summed E-state index contributed by atoms with van der Waals surface area (Å²) in [6.45, 7) is 1.30. The molecule has 3 nitrogen and oxygen atoms in total. The van der Waals surface area contributed by atoms with E-state index in [1.54, 1.807) is 12.1 Å². The molecule has 1 atom stereocenters. The molecule has 0 heterocycles. The fraction of sp³-hybridized carbons (Fsp3) is 0.250. The third-order valence-corrected chi connectivity index (χ3v) is 1.81. The van der Waals surface area contributed by atoms with Gasteiger partial charge in [0.15, 0.2) is 0 Å². The van der Waals surface area contributed by atoms with Gasteiger partial charge in [0, 0.05) is 5.56 Å². The van der Waals surface area contributed by atoms with Crippen LogP contribution in [-0.4, -0.2) is 23.8 Å². The van der Waals surface area contributed by atoms with Crippen LogP contribution in [-0.2, 0) is 9.53 Å². The maximum absolute atomic E-state index is 11.1. The number of carbonyl (C=O) groups is 1. The van der Waals surface area contributed by atoms with E-state index in [0.717, 1.165) is 5.56 Å². The lowest BCUT2D eigenvalue weighted by atomic mass is 10.1. The number of ether oxygens (including phenoxy) is 1. The molecule has 3 heteroatoms. The molecule has 0 aliphatic heterocycles. The van der Waals surface area contributed by atoms with Crippen molar-refractivity contribution in [3.05, 3.63) is 35.9 Å². The Hall–Kier alpha value is -1.79. The van der Waals surface area contributed by atoms with E-state index >= 15 is 0 Å². The van der Waals surface area contributed by atoms with Crippen molar-refractivity contribution in [1.82, 2.24) is 0 Å². The summed E-state index contributed by atoms with van der Waals surface area (Å²) in [5, 5.41) is 9.60. The van der Waals surface area contributed by atoms with E-state index in [1.807, 2.05) is 18.2 Å². The highest BCUT2D eigenvalue weighted by atomic mass is 16.5. The van der Waals surface area contributed by atoms with Gasteiger partial charge in [-0.25, -0.2) is 4.79 Å². The minimum Gasteiger partial charge on any atom is -0.466 e. The maximum Gasteiger partial charge on any atom is 0.350 e. The molecule has 1 N–H and O–H groups in total. The van der Waals surface area contributed by atoms with Crippen molar-refractivity contribution in [2.45, 2.75) is 12.5 Å². The summed E-state index contributed by atoms with van der Waals surface area (Å²) in [6.07, 6.45) is 0. The minimum absolute atomic E-state index is 0.738. The largest absolute Gasteiger partial charge is 0.466 e. The van der Waals surface area contributed by atoms with E-state index < -0.39 is 11.6 Å². The van der Waals surface area contributed by atoms with Crippen LogP contribution in [0.2, 0.25) is 0 Å². The summed E-state index contributed by atoms with van der Waals surface area (Å²) in [6, 6.07) is 9.11. The van der Waals surface area contributed by atoms with E-state index in [1.165, 1.54) is 14.0 Å². The number of hydrogen-bond donors (Lipinski definition) is 1. The second-order valence-electron chi connectivity index (χ2n) is 3.18. The number of hydrogen-bond acceptors (Lipinski definition) is 3. The predicted octanol–water partition coefficient (Wildman–Crippen LogP) is 0.962. The average molecular weight is 204 g/mol. The van der Waals surface area contributed by atoms with E-state index in [4.69, 9.17) is 0 Å². The first-order valence-electron chi connectivity index (χ1n) is 4.45. The summed E-state index contributed by atoms with van der Waals surface area (Å²) in [5.41, 5.74) is -1.02. The quantitative estimate of drug-likeness (QED) is 0.547. The zero-order valence-corrected chi connectivity index (χ0v) is 8.65. The van der Waals surface area contributed by atoms with Gasteiger partial charge in [0.1, 0.15) is 0 Å². The van der Waals surface area contributed by atoms with Gasteiger partial charge >= 0.3 is 5.97 Å². The smallest absolute Gasteiger partial charge is 0.350 e. The lowest BCUT2D eigenvalue weighted by molar-refractivity contribution is -0.154. The van der Waals surface area contributed by atoms with Crippen LogP contribution in [0.25, 0.3) is 0 Å². The molecule has 0 aliphatic rings. The molecule has 78 valence electrons. The first-order valence-corrected chi connectivity index (χ1v) is 4.45. The minimum atomic E-state index is -1.76. The first-order chi connectivity index (χ1) is 7.06. The molecule has 0 saturated carbocycles. The number of aliphatic hydroxyl groups is 1. The summed E-state index contributed by atoms with van der Waals surface area (Å²) < 4.78 is 4.41. The Morgan fingerprint density at radius 1 is 1.40 bits per heavy atom. The molecule has 0 radical (unpaired) electrons. The van der Waals surface area contributed by atoms with Crippen molar-refractivity contribution in [1.29, 1.82) is 0 Å². The highest BCUT2D eigenvalue weighted by Gasteiger charge is 2.28. The van der Waals surface area contributed by atoms with Crippen molar-refractivity contribution in [3.63, 3.8) is 0 Å². The second kappa shape index (κ2) is 4.63. The van der Waals surface area contributed by atoms with Crippen molar-refractivity contribution < 1.29 is 14.6 Å². The first kappa shape index (κ1) is 11.3. The zero-order chi connectivity index (χ0) is 11.3. The van der Waals surface area contributed by atoms with Crippen molar-refractivity contribution in [2.24, 2.45) is 0 Å². The SMILES string of the molecule is COC(=O)[C@@](C)(O)C#Cc1ccccc1. The van der Waals surface area contributed by atoms with Gasteiger partial charge in [-0.2, -0.15) is 0 Å². The molecule has 0 bridgehead atoms. The molecular weight excluding hydrogens is 192 g/mol. The molecular formula is C12H12O3. The number of esters is 1. The van der Waals surface area contributed by atoms with Crippen LogP contribution in [0.5, 0.6) is 0 Å². The molecule has 0 aliphatic carbocycles. The van der Waals surface area contributed by atoms with Gasteiger partial charge in [-0.15, -0.1) is 0 Å². The molecule has 0 saturated heterocycles. The van der Waals surface area contributed by atoms with E-state index in [-0.39, 0.29) is 0 Å². The van der Waals surface area contributed by atoms with Gasteiger partial charge in [-0.1, -0.05) is 30.0 Å². The molecule has 0 spiro atoms. The van der Waals surface area contributed by atoms with Crippen LogP contribution in [0, 0.1) is 11.8 Å². The van der Waals surface area contributed by atoms with Gasteiger partial charge < -0.3 is 9.84 Å². The highest BCUT2D eigenvalue weighted by Crippen LogP contribution is 2.04. The molecule has 1 aromatic rings. The monoisotopic (exact) mass is 204 g/mol. The van der Waals surface area contributed by atoms with Gasteiger partial charge in [0.2, 0.25) is 5.60 Å². The third kappa shape index (κ3) is 3.12. The Balaban J connectivity index is 2.86. The van der Waals surface area contributed by atoms with Crippen LogP contribution in [0.1, 0.15) is 12.5 Å². The van der Waals surface area contributed by atoms with Gasteiger partial charge in [-0.3, -0.25) is 0 Å². The summed E-state index contributed by atoms with van der Waals surface area (Å²) in [4.78, 5) is 11.1. The maximum atomic E-state index is 11.1. The van der Waals surface area contributed by atoms with E-state index in [9.17, 15) is 9.90 Å². The van der Waals surface area contributed by atoms with Gasteiger partial charge in [0.05, 0.1) is 7.11 Å². The average Bonchev–Trinajstić information content (AvgIpc) is 2.27. The molecule has 1 aromatic carbocycles. The van der Waals surface area contributed by atoms with Crippen molar-refractivity contribution in [3.8, 4) is 11.8 Å². The molecule has 15 heavy (non-hydrogen) atoms. The number of benzene rings is 1. The predicted molar refractivity (Wildman–Crippen MR) is 56.0 cm³/mol. The lowest BCUT2D eigenvalue weighted by Gasteiger charge is -2.11. The topological polar surface area (TPSA) is 46.5 Å². The van der Waals surface area contributed by atoms with Gasteiger partial charge in [0.25, 0.3) is 0 Å². The van der Waals surface area contributed by atoms with Crippen molar-refractivity contribution in [2.75, 3.05) is 7.11 Å². The second-order valence-corrected chi connectivity index (χ2v) is 3.18. The molecule has 0 amide bonds. The fourth-order valence-corrected chi connectivity index (χ4v) is 0.965. The standard InChI is InChI=1S/C12H12O3/c1-12(14,11(13)15-2)9-8-10-6-4-3-5-7-10/h3-7,14H,1-2H3/t12-/m0/s1. The number of rotatable bonds is 1. The molecule has 0 fully saturated rings. The third-order valence-electron chi connectivity index (χ3n) is 1.81. The van der Waals surface area contributed by atoms with Crippen LogP contribution in [0.15, 0.2) is 30.3 Å². The molecule has 1 rings (SSSR count). The van der Waals surface area contributed by atoms with Crippen LogP contribution in [0.3, 0.4) is 0 Å². The Kier molecular flexibility index (Phi) is 3.48. The normalized spacial score (nSPS) is 13.3.